The summed E-state index contributed by atoms with van der Waals surface area (Å²) in [6.45, 7) is 3.42. The molecule has 3 nitrogen and oxygen atoms in total. The van der Waals surface area contributed by atoms with E-state index in [0.717, 1.165) is 11.6 Å². The average molecular weight is 297 g/mol. The van der Waals surface area contributed by atoms with E-state index in [1.54, 1.807) is 31.2 Å². The van der Waals surface area contributed by atoms with E-state index in [4.69, 9.17) is 4.74 Å². The van der Waals surface area contributed by atoms with Gasteiger partial charge in [0, 0.05) is 11.9 Å². The van der Waals surface area contributed by atoms with Gasteiger partial charge in [0.15, 0.2) is 0 Å². The molecule has 0 saturated heterocycles. The van der Waals surface area contributed by atoms with E-state index in [1.807, 2.05) is 6.92 Å². The smallest absolute Gasteiger partial charge is 0.418 e. The first kappa shape index (κ1) is 15.2. The Balaban J connectivity index is 2.58. The van der Waals surface area contributed by atoms with Crippen LogP contribution in [0, 0.1) is 6.92 Å². The zero-order valence-electron chi connectivity index (χ0n) is 11.6. The van der Waals surface area contributed by atoms with E-state index in [-0.39, 0.29) is 6.61 Å². The predicted octanol–water partition coefficient (Wildman–Crippen LogP) is 3.98. The molecule has 112 valence electrons. The molecule has 0 N–H and O–H groups in total. The van der Waals surface area contributed by atoms with Crippen LogP contribution in [-0.4, -0.2) is 17.1 Å². The number of rotatable bonds is 3. The topological polar surface area (TPSA) is 31.2 Å². The lowest BCUT2D eigenvalue weighted by Gasteiger charge is -2.12. The van der Waals surface area contributed by atoms with Gasteiger partial charge < -0.3 is 9.30 Å². The van der Waals surface area contributed by atoms with Crippen molar-refractivity contribution in [3.63, 3.8) is 0 Å². The molecule has 2 aromatic rings. The minimum absolute atomic E-state index is 0.00914. The third kappa shape index (κ3) is 3.09. The van der Waals surface area contributed by atoms with Gasteiger partial charge in [-0.15, -0.1) is 0 Å². The molecular formula is C15H14F3NO2. The lowest BCUT2D eigenvalue weighted by Crippen LogP contribution is -2.17. The Labute approximate surface area is 120 Å². The molecule has 1 aromatic carbocycles. The molecule has 0 spiro atoms. The van der Waals surface area contributed by atoms with Crippen molar-refractivity contribution in [3.8, 4) is 5.69 Å². The fourth-order valence-electron chi connectivity index (χ4n) is 1.99. The molecule has 21 heavy (non-hydrogen) atoms. The second-order valence-corrected chi connectivity index (χ2v) is 4.50. The summed E-state index contributed by atoms with van der Waals surface area (Å²) in [6.07, 6.45) is -3.39. The number of alkyl halides is 3. The highest BCUT2D eigenvalue weighted by Crippen LogP contribution is 2.34. The molecule has 0 aliphatic rings. The summed E-state index contributed by atoms with van der Waals surface area (Å²) in [5.41, 5.74) is -0.0616. The quantitative estimate of drug-likeness (QED) is 0.802. The number of carbonyl (C=O) groups excluding carboxylic acids is 1. The second kappa shape index (κ2) is 5.63. The number of aryl methyl sites for hydroxylation is 1. The number of hydrogen-bond donors (Lipinski definition) is 0. The van der Waals surface area contributed by atoms with Gasteiger partial charge in [0.1, 0.15) is 5.69 Å². The molecular weight excluding hydrogens is 283 g/mol. The van der Waals surface area contributed by atoms with Gasteiger partial charge in [-0.05, 0) is 32.0 Å². The van der Waals surface area contributed by atoms with E-state index >= 15 is 0 Å². The van der Waals surface area contributed by atoms with Crippen molar-refractivity contribution in [2.75, 3.05) is 6.61 Å². The fraction of sp³-hybridized carbons (Fsp3) is 0.267. The Morgan fingerprint density at radius 1 is 1.19 bits per heavy atom. The maximum absolute atomic E-state index is 13.0. The van der Waals surface area contributed by atoms with Gasteiger partial charge in [-0.3, -0.25) is 0 Å². The zero-order chi connectivity index (χ0) is 15.6. The Morgan fingerprint density at radius 2 is 1.81 bits per heavy atom. The van der Waals surface area contributed by atoms with Gasteiger partial charge in [0.05, 0.1) is 12.2 Å². The Bertz CT molecular complexity index is 642. The molecule has 0 atom stereocenters. The van der Waals surface area contributed by atoms with E-state index in [1.165, 1.54) is 10.8 Å². The molecule has 1 heterocycles. The Hall–Kier alpha value is -2.24. The third-order valence-corrected chi connectivity index (χ3v) is 2.97. The normalized spacial score (nSPS) is 11.5. The minimum Gasteiger partial charge on any atom is -0.461 e. The van der Waals surface area contributed by atoms with Gasteiger partial charge in [0.2, 0.25) is 0 Å². The standard InChI is InChI=1S/C15H14F3NO2/c1-3-21-14(20)13-12(15(16,17)18)8-9-19(13)11-6-4-10(2)5-7-11/h4-9H,3H2,1-2H3. The second-order valence-electron chi connectivity index (χ2n) is 4.50. The van der Waals surface area contributed by atoms with Crippen LogP contribution in [0.3, 0.4) is 0 Å². The molecule has 6 heteroatoms. The number of aromatic nitrogens is 1. The maximum atomic E-state index is 13.0. The Kier molecular flexibility index (Phi) is 4.06. The number of nitrogens with zero attached hydrogens (tertiary/aromatic N) is 1. The maximum Gasteiger partial charge on any atom is 0.418 e. The van der Waals surface area contributed by atoms with Gasteiger partial charge in [0.25, 0.3) is 0 Å². The highest BCUT2D eigenvalue weighted by Gasteiger charge is 2.38. The van der Waals surface area contributed by atoms with Crippen LogP contribution in [-0.2, 0) is 10.9 Å². The first-order chi connectivity index (χ1) is 9.84. The van der Waals surface area contributed by atoms with Crippen molar-refractivity contribution in [2.45, 2.75) is 20.0 Å². The fourth-order valence-corrected chi connectivity index (χ4v) is 1.99. The molecule has 0 unspecified atom stereocenters. The monoisotopic (exact) mass is 297 g/mol. The van der Waals surface area contributed by atoms with Crippen molar-refractivity contribution in [3.05, 3.63) is 53.3 Å². The minimum atomic E-state index is -4.61. The number of halogens is 3. The lowest BCUT2D eigenvalue weighted by atomic mass is 10.2. The van der Waals surface area contributed by atoms with E-state index < -0.39 is 23.4 Å². The number of ether oxygens (including phenoxy) is 1. The molecule has 0 radical (unpaired) electrons. The molecule has 0 saturated carbocycles. The highest BCUT2D eigenvalue weighted by atomic mass is 19.4. The van der Waals surface area contributed by atoms with Crippen LogP contribution in [0.15, 0.2) is 36.5 Å². The molecule has 0 fully saturated rings. The summed E-state index contributed by atoms with van der Waals surface area (Å²) in [6, 6.07) is 7.71. The largest absolute Gasteiger partial charge is 0.461 e. The van der Waals surface area contributed by atoms with Crippen LogP contribution in [0.2, 0.25) is 0 Å². The van der Waals surface area contributed by atoms with Gasteiger partial charge in [-0.1, -0.05) is 17.7 Å². The molecule has 1 aromatic heterocycles. The van der Waals surface area contributed by atoms with Crippen LogP contribution >= 0.6 is 0 Å². The summed E-state index contributed by atoms with van der Waals surface area (Å²) in [4.78, 5) is 11.9. The average Bonchev–Trinajstić information content (AvgIpc) is 2.84. The van der Waals surface area contributed by atoms with E-state index in [2.05, 4.69) is 0 Å². The molecule has 0 aliphatic heterocycles. The van der Waals surface area contributed by atoms with E-state index in [0.29, 0.717) is 5.69 Å². The van der Waals surface area contributed by atoms with Gasteiger partial charge in [-0.25, -0.2) is 4.79 Å². The molecule has 0 bridgehead atoms. The van der Waals surface area contributed by atoms with Gasteiger partial charge in [-0.2, -0.15) is 13.2 Å². The summed E-state index contributed by atoms with van der Waals surface area (Å²) in [5, 5.41) is 0. The number of carbonyl (C=O) groups is 1. The molecule has 2 rings (SSSR count). The number of esters is 1. The summed E-state index contributed by atoms with van der Waals surface area (Å²) >= 11 is 0. The first-order valence-electron chi connectivity index (χ1n) is 6.37. The molecule has 0 amide bonds. The third-order valence-electron chi connectivity index (χ3n) is 2.97. The van der Waals surface area contributed by atoms with Crippen molar-refractivity contribution >= 4 is 5.97 Å². The van der Waals surface area contributed by atoms with Crippen molar-refractivity contribution in [2.24, 2.45) is 0 Å². The Morgan fingerprint density at radius 3 is 2.33 bits per heavy atom. The van der Waals surface area contributed by atoms with E-state index in [9.17, 15) is 18.0 Å². The van der Waals surface area contributed by atoms with Crippen molar-refractivity contribution in [1.29, 1.82) is 0 Å². The number of benzene rings is 1. The van der Waals surface area contributed by atoms with Crippen LogP contribution in [0.5, 0.6) is 0 Å². The summed E-state index contributed by atoms with van der Waals surface area (Å²) < 4.78 is 45.0. The lowest BCUT2D eigenvalue weighted by molar-refractivity contribution is -0.138. The summed E-state index contributed by atoms with van der Waals surface area (Å²) in [7, 11) is 0. The van der Waals surface area contributed by atoms with Crippen LogP contribution < -0.4 is 0 Å². The van der Waals surface area contributed by atoms with Gasteiger partial charge >= 0.3 is 12.1 Å². The first-order valence-corrected chi connectivity index (χ1v) is 6.37. The SMILES string of the molecule is CCOC(=O)c1c(C(F)(F)F)ccn1-c1ccc(C)cc1. The van der Waals surface area contributed by atoms with Crippen molar-refractivity contribution in [1.82, 2.24) is 4.57 Å². The van der Waals surface area contributed by atoms with Crippen LogP contribution in [0.4, 0.5) is 13.2 Å². The zero-order valence-corrected chi connectivity index (χ0v) is 11.6. The molecule has 0 aliphatic carbocycles. The highest BCUT2D eigenvalue weighted by molar-refractivity contribution is 5.90. The van der Waals surface area contributed by atoms with Crippen LogP contribution in [0.1, 0.15) is 28.5 Å². The van der Waals surface area contributed by atoms with Crippen molar-refractivity contribution < 1.29 is 22.7 Å². The predicted molar refractivity (Wildman–Crippen MR) is 71.5 cm³/mol. The number of hydrogen-bond acceptors (Lipinski definition) is 2. The van der Waals surface area contributed by atoms with Crippen LogP contribution in [0.25, 0.3) is 5.69 Å². The summed E-state index contributed by atoms with van der Waals surface area (Å²) in [5.74, 6) is -0.990.